The number of thiophene rings is 1. The molecule has 10 heteroatoms. The Kier molecular flexibility index (Phi) is 10.1. The van der Waals surface area contributed by atoms with Gasteiger partial charge in [-0.1, -0.05) is 29.8 Å². The number of nitriles is 2. The second kappa shape index (κ2) is 13.3. The molecule has 7 nitrogen and oxygen atoms in total. The highest BCUT2D eigenvalue weighted by atomic mass is 79.9. The lowest BCUT2D eigenvalue weighted by Crippen LogP contribution is -2.05. The zero-order chi connectivity index (χ0) is 27.8. The lowest BCUT2D eigenvalue weighted by molar-refractivity contribution is -0.114. The molecule has 3 rings (SSSR count). The van der Waals surface area contributed by atoms with Crippen molar-refractivity contribution in [2.45, 2.75) is 26.9 Å². The molecule has 0 amide bonds. The number of nitrogens with zero attached hydrogens (tertiary/aromatic N) is 2. The monoisotopic (exact) mass is 612 g/mol. The second-order valence-electron chi connectivity index (χ2n) is 7.87. The summed E-state index contributed by atoms with van der Waals surface area (Å²) in [5.74, 6) is -0.208. The molecule has 0 aliphatic heterocycles. The number of benzene rings is 2. The number of allylic oxidation sites excluding steroid dienone is 1. The first-order valence-corrected chi connectivity index (χ1v) is 13.3. The van der Waals surface area contributed by atoms with Gasteiger partial charge in [-0.25, -0.2) is 4.79 Å². The third kappa shape index (κ3) is 6.62. The van der Waals surface area contributed by atoms with Crippen LogP contribution in [0.3, 0.4) is 0 Å². The summed E-state index contributed by atoms with van der Waals surface area (Å²) in [6.07, 6.45) is 1.23. The van der Waals surface area contributed by atoms with Crippen molar-refractivity contribution in [3.05, 3.63) is 83.5 Å². The van der Waals surface area contributed by atoms with Crippen LogP contribution in [0, 0.1) is 29.6 Å². The predicted octanol–water partition coefficient (Wildman–Crippen LogP) is 6.83. The second-order valence-corrected chi connectivity index (χ2v) is 10.2. The van der Waals surface area contributed by atoms with Crippen molar-refractivity contribution < 1.29 is 23.8 Å². The highest BCUT2D eigenvalue weighted by Crippen LogP contribution is 2.38. The summed E-state index contributed by atoms with van der Waals surface area (Å²) in [6, 6.07) is 14.7. The Hall–Kier alpha value is -3.63. The van der Waals surface area contributed by atoms with Crippen LogP contribution in [0.2, 0.25) is 5.02 Å². The summed E-state index contributed by atoms with van der Waals surface area (Å²) < 4.78 is 17.0. The first kappa shape index (κ1) is 28.9. The largest absolute Gasteiger partial charge is 0.493 e. The molecular formula is C28H22BrClN2O5S. The van der Waals surface area contributed by atoms with E-state index in [1.807, 2.05) is 24.3 Å². The van der Waals surface area contributed by atoms with E-state index in [1.54, 1.807) is 32.0 Å². The highest BCUT2D eigenvalue weighted by molar-refractivity contribution is 9.10. The molecule has 2 aromatic carbocycles. The summed E-state index contributed by atoms with van der Waals surface area (Å²) in [4.78, 5) is 25.9. The lowest BCUT2D eigenvalue weighted by atomic mass is 10.0. The molecule has 0 saturated carbocycles. The zero-order valence-corrected chi connectivity index (χ0v) is 23.9. The van der Waals surface area contributed by atoms with E-state index in [0.29, 0.717) is 37.0 Å². The normalized spacial score (nSPS) is 10.9. The van der Waals surface area contributed by atoms with Crippen LogP contribution < -0.4 is 9.47 Å². The number of ether oxygens (including phenoxy) is 3. The Morgan fingerprint density at radius 1 is 1.21 bits per heavy atom. The molecule has 0 radical (unpaired) electrons. The van der Waals surface area contributed by atoms with E-state index in [4.69, 9.17) is 25.8 Å². The van der Waals surface area contributed by atoms with Gasteiger partial charge in [-0.2, -0.15) is 10.5 Å². The highest BCUT2D eigenvalue weighted by Gasteiger charge is 2.23. The molecule has 0 unspecified atom stereocenters. The van der Waals surface area contributed by atoms with E-state index in [9.17, 15) is 20.1 Å². The van der Waals surface area contributed by atoms with Gasteiger partial charge in [0.15, 0.2) is 17.3 Å². The minimum atomic E-state index is -0.546. The van der Waals surface area contributed by atoms with Gasteiger partial charge in [0.25, 0.3) is 0 Å². The summed E-state index contributed by atoms with van der Waals surface area (Å²) in [6.45, 7) is 3.72. The molecule has 3 aromatic rings. The van der Waals surface area contributed by atoms with Crippen LogP contribution in [-0.4, -0.2) is 25.5 Å². The Morgan fingerprint density at radius 2 is 1.95 bits per heavy atom. The molecule has 1 aromatic heterocycles. The number of halogens is 2. The van der Waals surface area contributed by atoms with Crippen LogP contribution in [0.15, 0.2) is 46.4 Å². The van der Waals surface area contributed by atoms with E-state index in [2.05, 4.69) is 22.0 Å². The van der Waals surface area contributed by atoms with E-state index < -0.39 is 11.8 Å². The first-order valence-electron chi connectivity index (χ1n) is 11.3. The van der Waals surface area contributed by atoms with Crippen molar-refractivity contribution in [2.75, 3.05) is 13.7 Å². The number of carbonyl (C=O) groups is 2. The molecule has 0 fully saturated rings. The van der Waals surface area contributed by atoms with Gasteiger partial charge in [0, 0.05) is 21.9 Å². The van der Waals surface area contributed by atoms with Gasteiger partial charge in [-0.3, -0.25) is 4.79 Å². The smallest absolute Gasteiger partial charge is 0.348 e. The van der Waals surface area contributed by atoms with Crippen LogP contribution in [-0.2, 0) is 22.6 Å². The number of methoxy groups -OCH3 is 1. The van der Waals surface area contributed by atoms with Crippen molar-refractivity contribution >= 4 is 56.7 Å². The fourth-order valence-electron chi connectivity index (χ4n) is 3.55. The predicted molar refractivity (Wildman–Crippen MR) is 149 cm³/mol. The third-order valence-corrected chi connectivity index (χ3v) is 7.66. The fraction of sp³-hybridized carbons (Fsp3) is 0.214. The topological polar surface area (TPSA) is 109 Å². The Balaban J connectivity index is 1.87. The number of rotatable bonds is 10. The zero-order valence-electron chi connectivity index (χ0n) is 20.8. The van der Waals surface area contributed by atoms with Gasteiger partial charge in [-0.05, 0) is 65.2 Å². The van der Waals surface area contributed by atoms with Crippen LogP contribution in [0.1, 0.15) is 43.7 Å². The fourth-order valence-corrected chi connectivity index (χ4v) is 5.46. The average Bonchev–Trinajstić information content (AvgIpc) is 3.21. The minimum Gasteiger partial charge on any atom is -0.493 e. The van der Waals surface area contributed by atoms with Crippen molar-refractivity contribution in [3.8, 4) is 23.6 Å². The maximum atomic E-state index is 13.0. The van der Waals surface area contributed by atoms with E-state index >= 15 is 0 Å². The van der Waals surface area contributed by atoms with Gasteiger partial charge in [-0.15, -0.1) is 11.3 Å². The number of carbonyl (C=O) groups excluding carboxylic acids is 2. The van der Waals surface area contributed by atoms with Crippen molar-refractivity contribution in [2.24, 2.45) is 0 Å². The number of Topliss-reactive ketones (excluding diaryl/α,β-unsaturated/α-hetero) is 1. The van der Waals surface area contributed by atoms with Crippen LogP contribution in [0.4, 0.5) is 0 Å². The molecule has 0 aliphatic carbocycles. The molecule has 194 valence electrons. The van der Waals surface area contributed by atoms with Gasteiger partial charge in [0.05, 0.1) is 29.3 Å². The molecule has 0 saturated heterocycles. The molecule has 1 heterocycles. The van der Waals surface area contributed by atoms with E-state index in [1.165, 1.54) is 13.2 Å². The van der Waals surface area contributed by atoms with Crippen LogP contribution in [0.5, 0.6) is 11.5 Å². The number of ketones is 1. The minimum absolute atomic E-state index is 0.115. The van der Waals surface area contributed by atoms with Gasteiger partial charge < -0.3 is 14.2 Å². The lowest BCUT2D eigenvalue weighted by Gasteiger charge is -2.14. The molecule has 0 aliphatic rings. The summed E-state index contributed by atoms with van der Waals surface area (Å²) in [5, 5.41) is 19.9. The Bertz CT molecular complexity index is 1500. The third-order valence-electron chi connectivity index (χ3n) is 5.43. The van der Waals surface area contributed by atoms with Crippen molar-refractivity contribution in [3.63, 3.8) is 0 Å². The number of esters is 1. The maximum absolute atomic E-state index is 13.0. The van der Waals surface area contributed by atoms with Crippen LogP contribution in [0.25, 0.3) is 6.08 Å². The van der Waals surface area contributed by atoms with Crippen molar-refractivity contribution in [1.29, 1.82) is 10.5 Å². The van der Waals surface area contributed by atoms with Gasteiger partial charge in [0.1, 0.15) is 23.6 Å². The van der Waals surface area contributed by atoms with E-state index in [0.717, 1.165) is 16.9 Å². The van der Waals surface area contributed by atoms with Gasteiger partial charge in [0.2, 0.25) is 0 Å². The molecule has 0 bridgehead atoms. The Morgan fingerprint density at radius 3 is 2.58 bits per heavy atom. The summed E-state index contributed by atoms with van der Waals surface area (Å²) in [7, 11) is 1.48. The van der Waals surface area contributed by atoms with Gasteiger partial charge >= 0.3 is 5.97 Å². The SMILES string of the molecule is CCOC(=O)c1sc(CC(=O)/C(C#N)=C/c2cc(Br)c(OCc3ccccc3Cl)c(OC)c2)c(C#N)c1C. The average molecular weight is 614 g/mol. The summed E-state index contributed by atoms with van der Waals surface area (Å²) >= 11 is 10.7. The summed E-state index contributed by atoms with van der Waals surface area (Å²) in [5.41, 5.74) is 1.92. The van der Waals surface area contributed by atoms with Crippen LogP contribution >= 0.6 is 38.9 Å². The molecule has 0 N–H and O–H groups in total. The van der Waals surface area contributed by atoms with Crippen molar-refractivity contribution in [1.82, 2.24) is 0 Å². The number of hydrogen-bond acceptors (Lipinski definition) is 8. The quantitative estimate of drug-likeness (QED) is 0.140. The standard InChI is InChI=1S/C28H22BrClN2O5S/c1-4-36-28(34)27-16(2)20(14-32)25(38-27)12-23(33)19(13-31)9-17-10-21(29)26(24(11-17)35-3)37-15-18-7-5-6-8-22(18)30/h5-11H,4,12,15H2,1-3H3/b19-9+. The molecule has 0 spiro atoms. The first-order chi connectivity index (χ1) is 18.2. The van der Waals surface area contributed by atoms with E-state index in [-0.39, 0.29) is 35.6 Å². The Labute approximate surface area is 237 Å². The number of hydrogen-bond donors (Lipinski definition) is 0. The molecule has 0 atom stereocenters. The molecule has 38 heavy (non-hydrogen) atoms. The maximum Gasteiger partial charge on any atom is 0.348 e. The molecular weight excluding hydrogens is 592 g/mol.